The van der Waals surface area contributed by atoms with Crippen LogP contribution in [0.4, 0.5) is 18.0 Å². The summed E-state index contributed by atoms with van der Waals surface area (Å²) >= 11 is 0. The number of hydrazine groups is 1. The highest BCUT2D eigenvalue weighted by molar-refractivity contribution is 5.86. The number of nitrogens with zero attached hydrogens (tertiary/aromatic N) is 2. The van der Waals surface area contributed by atoms with E-state index < -0.39 is 23.9 Å². The van der Waals surface area contributed by atoms with Crippen molar-refractivity contribution in [3.05, 3.63) is 35.9 Å². The normalized spacial score (nSPS) is 18.0. The van der Waals surface area contributed by atoms with Crippen LogP contribution < -0.4 is 10.7 Å². The van der Waals surface area contributed by atoms with Gasteiger partial charge in [0.25, 0.3) is 0 Å². The molecule has 1 aliphatic rings. The predicted molar refractivity (Wildman–Crippen MR) is 97.4 cm³/mol. The van der Waals surface area contributed by atoms with Crippen LogP contribution in [0.5, 0.6) is 0 Å². The van der Waals surface area contributed by atoms with Crippen LogP contribution in [0.2, 0.25) is 0 Å². The van der Waals surface area contributed by atoms with Crippen LogP contribution in [-0.2, 0) is 20.9 Å². The molecule has 1 amide bonds. The van der Waals surface area contributed by atoms with E-state index in [0.717, 1.165) is 0 Å². The standard InChI is InChI=1S/C18H25F3N4O4/c1-3-28-15(26)17(18(19,20)21,23-25-11-9-24(2)10-12-25)22-16(27)29-13-14-7-5-4-6-8-14/h4-8,23H,3,9-13H2,1-2H3,(H,22,27)/t17-/m0/s1. The monoisotopic (exact) mass is 418 g/mol. The van der Waals surface area contributed by atoms with Gasteiger partial charge in [-0.1, -0.05) is 30.3 Å². The van der Waals surface area contributed by atoms with E-state index in [1.54, 1.807) is 35.6 Å². The zero-order valence-corrected chi connectivity index (χ0v) is 16.3. The molecule has 2 N–H and O–H groups in total. The number of alkyl halides is 3. The van der Waals surface area contributed by atoms with E-state index >= 15 is 0 Å². The predicted octanol–water partition coefficient (Wildman–Crippen LogP) is 1.49. The van der Waals surface area contributed by atoms with E-state index in [0.29, 0.717) is 18.7 Å². The zero-order chi connectivity index (χ0) is 21.5. The van der Waals surface area contributed by atoms with Gasteiger partial charge < -0.3 is 14.4 Å². The van der Waals surface area contributed by atoms with Crippen LogP contribution in [0.15, 0.2) is 30.3 Å². The first-order valence-corrected chi connectivity index (χ1v) is 9.12. The molecule has 1 saturated heterocycles. The number of benzene rings is 1. The summed E-state index contributed by atoms with van der Waals surface area (Å²) in [6.07, 6.45) is -6.59. The fourth-order valence-electron chi connectivity index (χ4n) is 2.68. The number of amides is 1. The van der Waals surface area contributed by atoms with E-state index in [4.69, 9.17) is 4.74 Å². The molecular formula is C18H25F3N4O4. The van der Waals surface area contributed by atoms with Crippen LogP contribution in [0.1, 0.15) is 12.5 Å². The van der Waals surface area contributed by atoms with Crippen molar-refractivity contribution < 1.29 is 32.2 Å². The number of ether oxygens (including phenoxy) is 2. The van der Waals surface area contributed by atoms with Gasteiger partial charge in [-0.25, -0.2) is 20.0 Å². The number of rotatable bonds is 7. The molecule has 0 saturated carbocycles. The smallest absolute Gasteiger partial charge is 0.437 e. The first-order valence-electron chi connectivity index (χ1n) is 9.12. The summed E-state index contributed by atoms with van der Waals surface area (Å²) in [4.78, 5) is 26.5. The van der Waals surface area contributed by atoms with Crippen LogP contribution in [0.25, 0.3) is 0 Å². The molecule has 0 bridgehead atoms. The summed E-state index contributed by atoms with van der Waals surface area (Å²) in [7, 11) is 1.83. The van der Waals surface area contributed by atoms with Gasteiger partial charge in [0, 0.05) is 26.2 Å². The molecule has 0 aromatic heterocycles. The van der Waals surface area contributed by atoms with Crippen LogP contribution >= 0.6 is 0 Å². The Morgan fingerprint density at radius 3 is 2.24 bits per heavy atom. The van der Waals surface area contributed by atoms with Crippen LogP contribution in [0, 0.1) is 0 Å². The van der Waals surface area contributed by atoms with Gasteiger partial charge in [0.15, 0.2) is 0 Å². The van der Waals surface area contributed by atoms with Crippen molar-refractivity contribution in [2.45, 2.75) is 25.4 Å². The van der Waals surface area contributed by atoms with E-state index in [2.05, 4.69) is 10.2 Å². The molecule has 29 heavy (non-hydrogen) atoms. The maximum absolute atomic E-state index is 14.0. The zero-order valence-electron chi connectivity index (χ0n) is 16.3. The average molecular weight is 418 g/mol. The highest BCUT2D eigenvalue weighted by atomic mass is 19.4. The van der Waals surface area contributed by atoms with Crippen LogP contribution in [-0.4, -0.2) is 73.6 Å². The second-order valence-electron chi connectivity index (χ2n) is 6.56. The molecule has 1 aromatic rings. The van der Waals surface area contributed by atoms with Crippen molar-refractivity contribution >= 4 is 12.1 Å². The van der Waals surface area contributed by atoms with Crippen molar-refractivity contribution in [1.82, 2.24) is 20.7 Å². The number of esters is 1. The van der Waals surface area contributed by atoms with Crippen molar-refractivity contribution in [3.8, 4) is 0 Å². The lowest BCUT2D eigenvalue weighted by Gasteiger charge is -2.41. The van der Waals surface area contributed by atoms with Crippen LogP contribution in [0.3, 0.4) is 0 Å². The van der Waals surface area contributed by atoms with Gasteiger partial charge in [-0.15, -0.1) is 0 Å². The Hall–Kier alpha value is -2.37. The van der Waals surface area contributed by atoms with Gasteiger partial charge in [0.2, 0.25) is 0 Å². The number of piperazine rings is 1. The van der Waals surface area contributed by atoms with E-state index in [-0.39, 0.29) is 26.3 Å². The van der Waals surface area contributed by atoms with E-state index in [1.165, 1.54) is 11.9 Å². The third-order valence-electron chi connectivity index (χ3n) is 4.34. The Balaban J connectivity index is 2.19. The summed E-state index contributed by atoms with van der Waals surface area (Å²) in [6.45, 7) is 2.25. The Morgan fingerprint density at radius 1 is 1.07 bits per heavy atom. The summed E-state index contributed by atoms with van der Waals surface area (Å²) in [5, 5.41) is 2.89. The van der Waals surface area contributed by atoms with Gasteiger partial charge in [-0.05, 0) is 19.5 Å². The molecule has 1 atom stereocenters. The molecule has 1 fully saturated rings. The fraction of sp³-hybridized carbons (Fsp3) is 0.556. The summed E-state index contributed by atoms with van der Waals surface area (Å²) < 4.78 is 51.6. The molecular weight excluding hydrogens is 393 g/mol. The topological polar surface area (TPSA) is 83.1 Å². The van der Waals surface area contributed by atoms with Gasteiger partial charge in [0.1, 0.15) is 6.61 Å². The molecule has 0 unspecified atom stereocenters. The number of nitrogens with one attached hydrogen (secondary N) is 2. The second kappa shape index (κ2) is 9.90. The second-order valence-corrected chi connectivity index (χ2v) is 6.56. The highest BCUT2D eigenvalue weighted by Crippen LogP contribution is 2.30. The largest absolute Gasteiger partial charge is 0.463 e. The summed E-state index contributed by atoms with van der Waals surface area (Å²) in [6, 6.07) is 8.45. The van der Waals surface area contributed by atoms with E-state index in [9.17, 15) is 22.8 Å². The van der Waals surface area contributed by atoms with E-state index in [1.807, 2.05) is 11.9 Å². The minimum atomic E-state index is -5.19. The van der Waals surface area contributed by atoms with Gasteiger partial charge in [-0.3, -0.25) is 5.32 Å². The van der Waals surface area contributed by atoms with Gasteiger partial charge in [0.05, 0.1) is 6.61 Å². The average Bonchev–Trinajstić information content (AvgIpc) is 2.67. The number of carbonyl (C=O) groups excluding carboxylic acids is 2. The maximum atomic E-state index is 14.0. The molecule has 0 radical (unpaired) electrons. The SMILES string of the molecule is CCOC(=O)[C@](NC(=O)OCc1ccccc1)(NN1CCN(C)CC1)C(F)(F)F. The molecule has 8 nitrogen and oxygen atoms in total. The Morgan fingerprint density at radius 2 is 1.69 bits per heavy atom. The Kier molecular flexibility index (Phi) is 7.82. The first-order chi connectivity index (χ1) is 13.7. The lowest BCUT2D eigenvalue weighted by atomic mass is 10.1. The number of halogens is 3. The van der Waals surface area contributed by atoms with Crippen molar-refractivity contribution in [2.75, 3.05) is 39.8 Å². The minimum Gasteiger partial charge on any atom is -0.463 e. The summed E-state index contributed by atoms with van der Waals surface area (Å²) in [5.74, 6) is -1.66. The fourth-order valence-corrected chi connectivity index (χ4v) is 2.68. The van der Waals surface area contributed by atoms with Crippen molar-refractivity contribution in [3.63, 3.8) is 0 Å². The quantitative estimate of drug-likeness (QED) is 0.513. The lowest BCUT2D eigenvalue weighted by molar-refractivity contribution is -0.231. The molecule has 2 rings (SSSR count). The molecule has 0 aliphatic carbocycles. The highest BCUT2D eigenvalue weighted by Gasteiger charge is 2.64. The molecule has 162 valence electrons. The number of carbonyl (C=O) groups is 2. The maximum Gasteiger partial charge on any atom is 0.437 e. The number of alkyl carbamates (subject to hydrolysis) is 1. The number of likely N-dealkylation sites (N-methyl/N-ethyl adjacent to an activating group) is 1. The van der Waals surface area contributed by atoms with Gasteiger partial charge >= 0.3 is 23.9 Å². The molecule has 1 aromatic carbocycles. The molecule has 0 spiro atoms. The van der Waals surface area contributed by atoms with Crippen molar-refractivity contribution in [1.29, 1.82) is 0 Å². The third kappa shape index (κ3) is 6.05. The number of hydrogen-bond acceptors (Lipinski definition) is 7. The van der Waals surface area contributed by atoms with Crippen molar-refractivity contribution in [2.24, 2.45) is 0 Å². The third-order valence-corrected chi connectivity index (χ3v) is 4.34. The number of hydrogen-bond donors (Lipinski definition) is 2. The first kappa shape index (κ1) is 22.9. The molecule has 11 heteroatoms. The Labute approximate surface area is 166 Å². The van der Waals surface area contributed by atoms with Gasteiger partial charge in [-0.2, -0.15) is 13.2 Å². The minimum absolute atomic E-state index is 0.217. The summed E-state index contributed by atoms with van der Waals surface area (Å²) in [5.41, 5.74) is -0.740. The lowest BCUT2D eigenvalue weighted by Crippen LogP contribution is -2.76. The molecule has 1 heterocycles. The Bertz CT molecular complexity index is 681. The molecule has 1 aliphatic heterocycles.